The Balaban J connectivity index is 1.97. The molecule has 1 saturated heterocycles. The molecule has 0 aromatic carbocycles. The van der Waals surface area contributed by atoms with Crippen molar-refractivity contribution >= 4 is 0 Å². The maximum absolute atomic E-state index is 5.61. The molecule has 1 fully saturated rings. The molecule has 2 atom stereocenters. The Bertz CT molecular complexity index is 350. The summed E-state index contributed by atoms with van der Waals surface area (Å²) in [6.45, 7) is 9.19. The predicted octanol–water partition coefficient (Wildman–Crippen LogP) is 1.56. The fourth-order valence-electron chi connectivity index (χ4n) is 2.14. The van der Waals surface area contributed by atoms with Crippen LogP contribution in [-0.2, 0) is 17.8 Å². The summed E-state index contributed by atoms with van der Waals surface area (Å²) in [5.74, 6) is 0. The highest BCUT2D eigenvalue weighted by molar-refractivity contribution is 5.01. The third-order valence-electron chi connectivity index (χ3n) is 3.70. The third-order valence-corrected chi connectivity index (χ3v) is 3.70. The van der Waals surface area contributed by atoms with Crippen LogP contribution in [0.25, 0.3) is 0 Å². The molecule has 0 amide bonds. The van der Waals surface area contributed by atoms with Crippen molar-refractivity contribution in [3.05, 3.63) is 18.2 Å². The first-order chi connectivity index (χ1) is 7.65. The van der Waals surface area contributed by atoms with Crippen LogP contribution < -0.4 is 5.32 Å². The largest absolute Gasteiger partial charge is 0.377 e. The highest BCUT2D eigenvalue weighted by Gasteiger charge is 2.36. The number of aromatic nitrogens is 2. The van der Waals surface area contributed by atoms with E-state index < -0.39 is 0 Å². The molecule has 1 aliphatic heterocycles. The van der Waals surface area contributed by atoms with E-state index in [-0.39, 0.29) is 11.6 Å². The van der Waals surface area contributed by atoms with E-state index in [4.69, 9.17) is 4.74 Å². The van der Waals surface area contributed by atoms with Gasteiger partial charge in [0.05, 0.1) is 18.1 Å². The highest BCUT2D eigenvalue weighted by Crippen LogP contribution is 2.25. The molecule has 2 unspecified atom stereocenters. The van der Waals surface area contributed by atoms with Gasteiger partial charge in [-0.2, -0.15) is 0 Å². The van der Waals surface area contributed by atoms with E-state index in [2.05, 4.69) is 35.6 Å². The van der Waals surface area contributed by atoms with Gasteiger partial charge in [0.2, 0.25) is 0 Å². The standard InChI is InChI=1S/C12H21N3O/c1-4-15-9-13-7-11(15)8-14-12(3)5-6-16-10(12)2/h7,9-10,14H,4-6,8H2,1-3H3. The van der Waals surface area contributed by atoms with Crippen molar-refractivity contribution in [2.75, 3.05) is 6.61 Å². The lowest BCUT2D eigenvalue weighted by molar-refractivity contribution is 0.0879. The monoisotopic (exact) mass is 223 g/mol. The van der Waals surface area contributed by atoms with E-state index in [1.807, 2.05) is 12.5 Å². The van der Waals surface area contributed by atoms with Gasteiger partial charge >= 0.3 is 0 Å². The number of imidazole rings is 1. The quantitative estimate of drug-likeness (QED) is 0.842. The summed E-state index contributed by atoms with van der Waals surface area (Å²) < 4.78 is 7.77. The van der Waals surface area contributed by atoms with Crippen molar-refractivity contribution in [3.8, 4) is 0 Å². The topological polar surface area (TPSA) is 39.1 Å². The number of nitrogens with zero attached hydrogens (tertiary/aromatic N) is 2. The zero-order valence-electron chi connectivity index (χ0n) is 10.4. The van der Waals surface area contributed by atoms with Crippen molar-refractivity contribution in [3.63, 3.8) is 0 Å². The molecule has 4 heteroatoms. The molecule has 90 valence electrons. The van der Waals surface area contributed by atoms with Crippen molar-refractivity contribution < 1.29 is 4.74 Å². The van der Waals surface area contributed by atoms with E-state index >= 15 is 0 Å². The molecule has 4 nitrogen and oxygen atoms in total. The SMILES string of the molecule is CCn1cncc1CNC1(C)CCOC1C. The van der Waals surface area contributed by atoms with Crippen LogP contribution in [0.2, 0.25) is 0 Å². The van der Waals surface area contributed by atoms with Crippen LogP contribution in [0.5, 0.6) is 0 Å². The molecule has 2 heterocycles. The molecule has 1 aliphatic rings. The summed E-state index contributed by atoms with van der Waals surface area (Å²) in [5.41, 5.74) is 1.34. The second-order valence-electron chi connectivity index (χ2n) is 4.71. The van der Waals surface area contributed by atoms with E-state index in [1.165, 1.54) is 5.69 Å². The lowest BCUT2D eigenvalue weighted by Gasteiger charge is -2.29. The summed E-state index contributed by atoms with van der Waals surface area (Å²) >= 11 is 0. The van der Waals surface area contributed by atoms with Crippen LogP contribution in [0.4, 0.5) is 0 Å². The fourth-order valence-corrected chi connectivity index (χ4v) is 2.14. The maximum Gasteiger partial charge on any atom is 0.0948 e. The third kappa shape index (κ3) is 2.13. The number of nitrogens with one attached hydrogen (secondary N) is 1. The molecule has 0 saturated carbocycles. The van der Waals surface area contributed by atoms with Crippen LogP contribution in [0.1, 0.15) is 32.9 Å². The number of aryl methyl sites for hydroxylation is 1. The minimum absolute atomic E-state index is 0.100. The summed E-state index contributed by atoms with van der Waals surface area (Å²) in [6.07, 6.45) is 5.17. The van der Waals surface area contributed by atoms with Crippen LogP contribution in [0.15, 0.2) is 12.5 Å². The van der Waals surface area contributed by atoms with E-state index in [1.54, 1.807) is 0 Å². The van der Waals surface area contributed by atoms with Crippen molar-refractivity contribution in [1.82, 2.24) is 14.9 Å². The van der Waals surface area contributed by atoms with Crippen molar-refractivity contribution in [1.29, 1.82) is 0 Å². The normalized spacial score (nSPS) is 29.8. The second-order valence-corrected chi connectivity index (χ2v) is 4.71. The lowest BCUT2D eigenvalue weighted by atomic mass is 9.94. The number of hydrogen-bond acceptors (Lipinski definition) is 3. The average molecular weight is 223 g/mol. The summed E-state index contributed by atoms with van der Waals surface area (Å²) in [6, 6.07) is 0. The summed E-state index contributed by atoms with van der Waals surface area (Å²) in [5, 5.41) is 3.60. The lowest BCUT2D eigenvalue weighted by Crippen LogP contribution is -2.47. The number of rotatable bonds is 4. The molecule has 0 radical (unpaired) electrons. The number of ether oxygens (including phenoxy) is 1. The molecule has 0 bridgehead atoms. The number of hydrogen-bond donors (Lipinski definition) is 1. The van der Waals surface area contributed by atoms with Gasteiger partial charge in [0.1, 0.15) is 0 Å². The molecule has 1 N–H and O–H groups in total. The highest BCUT2D eigenvalue weighted by atomic mass is 16.5. The Hall–Kier alpha value is -0.870. The minimum atomic E-state index is 0.100. The van der Waals surface area contributed by atoms with E-state index in [0.717, 1.165) is 26.1 Å². The first-order valence-electron chi connectivity index (χ1n) is 6.01. The zero-order chi connectivity index (χ0) is 11.6. The van der Waals surface area contributed by atoms with Crippen LogP contribution in [0.3, 0.4) is 0 Å². The van der Waals surface area contributed by atoms with Gasteiger partial charge in [-0.15, -0.1) is 0 Å². The molecular formula is C12H21N3O. The molecule has 2 rings (SSSR count). The Labute approximate surface area is 97.0 Å². The van der Waals surface area contributed by atoms with Gasteiger partial charge < -0.3 is 14.6 Å². The Morgan fingerprint density at radius 3 is 3.12 bits per heavy atom. The molecule has 1 aromatic heterocycles. The van der Waals surface area contributed by atoms with Gasteiger partial charge in [-0.25, -0.2) is 4.98 Å². The Morgan fingerprint density at radius 2 is 2.50 bits per heavy atom. The Kier molecular flexibility index (Phi) is 3.30. The molecule has 1 aromatic rings. The van der Waals surface area contributed by atoms with Gasteiger partial charge in [0, 0.05) is 31.4 Å². The van der Waals surface area contributed by atoms with Crippen LogP contribution in [-0.4, -0.2) is 27.8 Å². The Morgan fingerprint density at radius 1 is 1.69 bits per heavy atom. The molecule has 0 spiro atoms. The van der Waals surface area contributed by atoms with E-state index in [9.17, 15) is 0 Å². The predicted molar refractivity (Wildman–Crippen MR) is 63.2 cm³/mol. The second kappa shape index (κ2) is 4.55. The van der Waals surface area contributed by atoms with Gasteiger partial charge in [0.25, 0.3) is 0 Å². The van der Waals surface area contributed by atoms with Crippen LogP contribution in [0, 0.1) is 0 Å². The smallest absolute Gasteiger partial charge is 0.0948 e. The van der Waals surface area contributed by atoms with Gasteiger partial charge in [-0.3, -0.25) is 0 Å². The van der Waals surface area contributed by atoms with Gasteiger partial charge in [-0.1, -0.05) is 0 Å². The minimum Gasteiger partial charge on any atom is -0.377 e. The maximum atomic E-state index is 5.61. The summed E-state index contributed by atoms with van der Waals surface area (Å²) in [7, 11) is 0. The molecule has 16 heavy (non-hydrogen) atoms. The zero-order valence-corrected chi connectivity index (χ0v) is 10.4. The van der Waals surface area contributed by atoms with Gasteiger partial charge in [-0.05, 0) is 27.2 Å². The molecular weight excluding hydrogens is 202 g/mol. The van der Waals surface area contributed by atoms with Gasteiger partial charge in [0.15, 0.2) is 0 Å². The van der Waals surface area contributed by atoms with E-state index in [0.29, 0.717) is 0 Å². The van der Waals surface area contributed by atoms with Crippen molar-refractivity contribution in [2.24, 2.45) is 0 Å². The first-order valence-corrected chi connectivity index (χ1v) is 6.01. The summed E-state index contributed by atoms with van der Waals surface area (Å²) in [4.78, 5) is 4.17. The van der Waals surface area contributed by atoms with Crippen LogP contribution >= 0.6 is 0 Å². The molecule has 0 aliphatic carbocycles. The first kappa shape index (κ1) is 11.6. The fraction of sp³-hybridized carbons (Fsp3) is 0.750. The van der Waals surface area contributed by atoms with Crippen molar-refractivity contribution in [2.45, 2.75) is 51.9 Å². The average Bonchev–Trinajstić information content (AvgIpc) is 2.84.